The van der Waals surface area contributed by atoms with E-state index in [0.29, 0.717) is 50.7 Å². The second-order valence-electron chi connectivity index (χ2n) is 7.61. The van der Waals surface area contributed by atoms with Gasteiger partial charge in [-0.15, -0.1) is 0 Å². The van der Waals surface area contributed by atoms with Crippen LogP contribution in [-0.4, -0.2) is 66.6 Å². The largest absolute Gasteiger partial charge is 0.482 e. The van der Waals surface area contributed by atoms with Crippen LogP contribution in [0.25, 0.3) is 0 Å². The number of aryl methyl sites for hydroxylation is 1. The normalized spacial score (nSPS) is 14.0. The molecule has 3 rings (SSSR count). The van der Waals surface area contributed by atoms with Crippen LogP contribution in [0.3, 0.4) is 0 Å². The Kier molecular flexibility index (Phi) is 8.78. The van der Waals surface area contributed by atoms with Crippen LogP contribution in [0.2, 0.25) is 15.1 Å². The Labute approximate surface area is 212 Å². The second-order valence-corrected chi connectivity index (χ2v) is 9.27. The van der Waals surface area contributed by atoms with Crippen molar-refractivity contribution in [3.63, 3.8) is 0 Å². The summed E-state index contributed by atoms with van der Waals surface area (Å²) in [5.74, 6) is -0.201. The number of amides is 2. The standard InChI is InChI=1S/C22H23Cl3N4O3S/c1-13-9-15(23)11-17(25)20(13)32-12-19(30)27-22(33)26-18-10-14(3-4-16(18)24)21(31)29-7-5-28(2)6-8-29/h3-4,9-11H,5-8,12H2,1-2H3,(H2,26,27,30,33). The SMILES string of the molecule is Cc1cc(Cl)cc(Cl)c1OCC(=O)NC(=S)Nc1cc(C(=O)N2CCN(C)CC2)ccc1Cl. The molecule has 2 amide bonds. The summed E-state index contributed by atoms with van der Waals surface area (Å²) in [5, 5.41) is 6.55. The first-order valence-electron chi connectivity index (χ1n) is 10.1. The van der Waals surface area contributed by atoms with E-state index < -0.39 is 5.91 Å². The Balaban J connectivity index is 1.58. The number of thiocarbonyl (C=S) groups is 1. The van der Waals surface area contributed by atoms with Gasteiger partial charge in [-0.25, -0.2) is 0 Å². The maximum Gasteiger partial charge on any atom is 0.264 e. The fraction of sp³-hybridized carbons (Fsp3) is 0.318. The zero-order chi connectivity index (χ0) is 24.1. The van der Waals surface area contributed by atoms with Gasteiger partial charge in [0.05, 0.1) is 15.7 Å². The van der Waals surface area contributed by atoms with Crippen molar-refractivity contribution in [1.29, 1.82) is 0 Å². The number of nitrogens with one attached hydrogen (secondary N) is 2. The quantitative estimate of drug-likeness (QED) is 0.565. The molecule has 0 atom stereocenters. The maximum atomic E-state index is 12.8. The number of hydrogen-bond donors (Lipinski definition) is 2. The van der Waals surface area contributed by atoms with Crippen LogP contribution in [0.15, 0.2) is 30.3 Å². The molecule has 2 aromatic rings. The van der Waals surface area contributed by atoms with Crippen LogP contribution in [0.1, 0.15) is 15.9 Å². The summed E-state index contributed by atoms with van der Waals surface area (Å²) in [7, 11) is 2.03. The average Bonchev–Trinajstić information content (AvgIpc) is 2.74. The summed E-state index contributed by atoms with van der Waals surface area (Å²) >= 11 is 23.5. The van der Waals surface area contributed by atoms with E-state index in [1.54, 1.807) is 36.1 Å². The molecule has 1 aliphatic heterocycles. The van der Waals surface area contributed by atoms with Crippen LogP contribution in [0.4, 0.5) is 5.69 Å². The molecular weight excluding hydrogens is 507 g/mol. The number of ether oxygens (including phenoxy) is 1. The zero-order valence-corrected chi connectivity index (χ0v) is 21.2. The van der Waals surface area contributed by atoms with Gasteiger partial charge in [-0.2, -0.15) is 0 Å². The highest BCUT2D eigenvalue weighted by Gasteiger charge is 2.21. The lowest BCUT2D eigenvalue weighted by atomic mass is 10.1. The molecule has 7 nitrogen and oxygen atoms in total. The summed E-state index contributed by atoms with van der Waals surface area (Å²) in [6.07, 6.45) is 0. The molecular formula is C22H23Cl3N4O3S. The van der Waals surface area contributed by atoms with Crippen molar-refractivity contribution in [2.45, 2.75) is 6.92 Å². The predicted octanol–water partition coefficient (Wildman–Crippen LogP) is 4.23. The lowest BCUT2D eigenvalue weighted by Crippen LogP contribution is -2.47. The fourth-order valence-corrected chi connectivity index (χ4v) is 4.31. The molecule has 2 N–H and O–H groups in total. The Morgan fingerprint density at radius 1 is 1.06 bits per heavy atom. The summed E-state index contributed by atoms with van der Waals surface area (Å²) in [5.41, 5.74) is 1.60. The van der Waals surface area contributed by atoms with Crippen LogP contribution < -0.4 is 15.4 Å². The van der Waals surface area contributed by atoms with Gasteiger partial charge in [-0.1, -0.05) is 34.8 Å². The predicted molar refractivity (Wildman–Crippen MR) is 136 cm³/mol. The van der Waals surface area contributed by atoms with Gasteiger partial charge in [0.2, 0.25) is 0 Å². The van der Waals surface area contributed by atoms with Crippen molar-refractivity contribution in [3.8, 4) is 5.75 Å². The van der Waals surface area contributed by atoms with Gasteiger partial charge in [-0.05, 0) is 62.1 Å². The summed E-state index contributed by atoms with van der Waals surface area (Å²) in [6, 6.07) is 8.13. The maximum absolute atomic E-state index is 12.8. The van der Waals surface area contributed by atoms with Crippen molar-refractivity contribution in [2.75, 3.05) is 45.2 Å². The molecule has 0 spiro atoms. The molecule has 1 heterocycles. The number of anilines is 1. The van der Waals surface area contributed by atoms with Crippen molar-refractivity contribution in [3.05, 3.63) is 56.5 Å². The molecule has 0 bridgehead atoms. The summed E-state index contributed by atoms with van der Waals surface area (Å²) in [4.78, 5) is 29.1. The number of piperazine rings is 1. The third-order valence-electron chi connectivity index (χ3n) is 5.05. The van der Waals surface area contributed by atoms with Crippen molar-refractivity contribution in [1.82, 2.24) is 15.1 Å². The third-order valence-corrected chi connectivity index (χ3v) is 6.08. The first-order chi connectivity index (χ1) is 15.6. The van der Waals surface area contributed by atoms with E-state index in [1.165, 1.54) is 6.07 Å². The third kappa shape index (κ3) is 6.94. The number of hydrogen-bond acceptors (Lipinski definition) is 5. The molecule has 176 valence electrons. The molecule has 11 heteroatoms. The first-order valence-corrected chi connectivity index (χ1v) is 11.6. The smallest absolute Gasteiger partial charge is 0.264 e. The number of likely N-dealkylation sites (N-methyl/N-ethyl adjacent to an activating group) is 1. The molecule has 0 radical (unpaired) electrons. The van der Waals surface area contributed by atoms with E-state index in [-0.39, 0.29) is 17.6 Å². The molecule has 33 heavy (non-hydrogen) atoms. The highest BCUT2D eigenvalue weighted by atomic mass is 35.5. The number of benzene rings is 2. The lowest BCUT2D eigenvalue weighted by Gasteiger charge is -2.32. The minimum Gasteiger partial charge on any atom is -0.482 e. The Morgan fingerprint density at radius 2 is 1.76 bits per heavy atom. The van der Waals surface area contributed by atoms with Crippen LogP contribution >= 0.6 is 47.0 Å². The van der Waals surface area contributed by atoms with Crippen LogP contribution in [0.5, 0.6) is 5.75 Å². The van der Waals surface area contributed by atoms with Crippen molar-refractivity contribution >= 4 is 69.6 Å². The Bertz CT molecular complexity index is 1050. The number of carbonyl (C=O) groups excluding carboxylic acids is 2. The molecule has 1 fully saturated rings. The van der Waals surface area contributed by atoms with E-state index in [0.717, 1.165) is 13.1 Å². The molecule has 0 aromatic heterocycles. The van der Waals surface area contributed by atoms with Gasteiger partial charge in [-0.3, -0.25) is 14.9 Å². The van der Waals surface area contributed by atoms with E-state index in [2.05, 4.69) is 15.5 Å². The van der Waals surface area contributed by atoms with Gasteiger partial charge < -0.3 is 19.9 Å². The van der Waals surface area contributed by atoms with Crippen molar-refractivity contribution in [2.24, 2.45) is 0 Å². The van der Waals surface area contributed by atoms with E-state index in [4.69, 9.17) is 51.8 Å². The van der Waals surface area contributed by atoms with E-state index >= 15 is 0 Å². The van der Waals surface area contributed by atoms with Gasteiger partial charge in [0.1, 0.15) is 5.75 Å². The van der Waals surface area contributed by atoms with Gasteiger partial charge in [0.15, 0.2) is 11.7 Å². The van der Waals surface area contributed by atoms with E-state index in [1.807, 2.05) is 7.05 Å². The molecule has 0 saturated carbocycles. The molecule has 0 aliphatic carbocycles. The first kappa shape index (κ1) is 25.5. The highest BCUT2D eigenvalue weighted by molar-refractivity contribution is 7.80. The summed E-state index contributed by atoms with van der Waals surface area (Å²) < 4.78 is 5.51. The molecule has 1 saturated heterocycles. The Morgan fingerprint density at radius 3 is 2.42 bits per heavy atom. The van der Waals surface area contributed by atoms with Gasteiger partial charge in [0, 0.05) is 36.8 Å². The number of rotatable bonds is 5. The monoisotopic (exact) mass is 528 g/mol. The number of nitrogens with zero attached hydrogens (tertiary/aromatic N) is 2. The minimum atomic E-state index is -0.487. The van der Waals surface area contributed by atoms with Crippen LogP contribution in [-0.2, 0) is 4.79 Å². The molecule has 1 aliphatic rings. The molecule has 2 aromatic carbocycles. The summed E-state index contributed by atoms with van der Waals surface area (Å²) in [6.45, 7) is 4.43. The van der Waals surface area contributed by atoms with Crippen molar-refractivity contribution < 1.29 is 14.3 Å². The topological polar surface area (TPSA) is 73.9 Å². The highest BCUT2D eigenvalue weighted by Crippen LogP contribution is 2.31. The van der Waals surface area contributed by atoms with E-state index in [9.17, 15) is 9.59 Å². The molecule has 0 unspecified atom stereocenters. The zero-order valence-electron chi connectivity index (χ0n) is 18.1. The van der Waals surface area contributed by atoms with Gasteiger partial charge >= 0.3 is 0 Å². The average molecular weight is 530 g/mol. The lowest BCUT2D eigenvalue weighted by molar-refractivity contribution is -0.121. The Hall–Kier alpha value is -2.10. The second kappa shape index (κ2) is 11.4. The van der Waals surface area contributed by atoms with Gasteiger partial charge in [0.25, 0.3) is 11.8 Å². The minimum absolute atomic E-state index is 0.0219. The fourth-order valence-electron chi connectivity index (χ4n) is 3.27. The number of carbonyl (C=O) groups is 2. The number of halogens is 3. The van der Waals surface area contributed by atoms with Crippen LogP contribution in [0, 0.1) is 6.92 Å².